The maximum atomic E-state index is 12.3. The molecule has 1 amide bonds. The van der Waals surface area contributed by atoms with Gasteiger partial charge in [0.2, 0.25) is 0 Å². The van der Waals surface area contributed by atoms with Gasteiger partial charge in [-0.1, -0.05) is 18.2 Å². The summed E-state index contributed by atoms with van der Waals surface area (Å²) in [5, 5.41) is 3.45. The molecule has 2 atom stereocenters. The number of amides is 1. The van der Waals surface area contributed by atoms with E-state index in [4.69, 9.17) is 4.74 Å². The molecule has 0 spiro atoms. The molecule has 0 saturated carbocycles. The Morgan fingerprint density at radius 3 is 2.90 bits per heavy atom. The average Bonchev–Trinajstić information content (AvgIpc) is 2.52. The molecule has 0 bridgehead atoms. The lowest BCUT2D eigenvalue weighted by Gasteiger charge is -2.46. The van der Waals surface area contributed by atoms with Crippen LogP contribution in [0.2, 0.25) is 0 Å². The Labute approximate surface area is 126 Å². The van der Waals surface area contributed by atoms with Crippen molar-refractivity contribution in [2.45, 2.75) is 32.3 Å². The third kappa shape index (κ3) is 2.83. The molecule has 4 heteroatoms. The highest BCUT2D eigenvalue weighted by Crippen LogP contribution is 2.34. The normalized spacial score (nSPS) is 30.5. The first-order valence-electron chi connectivity index (χ1n) is 7.81. The van der Waals surface area contributed by atoms with Crippen molar-refractivity contribution in [3.63, 3.8) is 0 Å². The number of morpholine rings is 1. The van der Waals surface area contributed by atoms with Gasteiger partial charge in [0, 0.05) is 18.2 Å². The van der Waals surface area contributed by atoms with Crippen LogP contribution in [-0.4, -0.2) is 37.7 Å². The highest BCUT2D eigenvalue weighted by Gasteiger charge is 2.43. The Morgan fingerprint density at radius 1 is 1.38 bits per heavy atom. The quantitative estimate of drug-likeness (QED) is 0.906. The zero-order chi connectivity index (χ0) is 14.9. The van der Waals surface area contributed by atoms with Gasteiger partial charge in [-0.2, -0.15) is 0 Å². The summed E-state index contributed by atoms with van der Waals surface area (Å²) in [5.74, 6) is 0.524. The monoisotopic (exact) mass is 288 g/mol. The summed E-state index contributed by atoms with van der Waals surface area (Å²) in [6.45, 7) is 7.10. The van der Waals surface area contributed by atoms with Gasteiger partial charge in [0.1, 0.15) is 6.61 Å². The number of carbonyl (C=O) groups is 1. The number of piperidine rings is 1. The largest absolute Gasteiger partial charge is 0.363 e. The average molecular weight is 288 g/mol. The Kier molecular flexibility index (Phi) is 4.00. The third-order valence-corrected chi connectivity index (χ3v) is 4.87. The van der Waals surface area contributed by atoms with E-state index in [0.29, 0.717) is 12.5 Å². The molecule has 2 fully saturated rings. The van der Waals surface area contributed by atoms with Crippen molar-refractivity contribution < 1.29 is 9.53 Å². The van der Waals surface area contributed by atoms with E-state index < -0.39 is 0 Å². The van der Waals surface area contributed by atoms with Crippen LogP contribution < -0.4 is 10.2 Å². The first-order valence-corrected chi connectivity index (χ1v) is 7.81. The van der Waals surface area contributed by atoms with Crippen molar-refractivity contribution in [3.05, 3.63) is 29.8 Å². The lowest BCUT2D eigenvalue weighted by Crippen LogP contribution is -2.59. The zero-order valence-electron chi connectivity index (χ0n) is 12.9. The van der Waals surface area contributed by atoms with E-state index in [1.54, 1.807) is 0 Å². The first-order chi connectivity index (χ1) is 10.1. The molecule has 114 valence electrons. The molecule has 0 aliphatic carbocycles. The number of anilines is 1. The standard InChI is InChI=1S/C17H24N2O2/c1-13-6-3-4-8-15(13)19-12-17(2,21-11-16(19)20)14-7-5-9-18-10-14/h3-4,6,8,14,18H,5,7,9-12H2,1-2H3. The lowest BCUT2D eigenvalue weighted by molar-refractivity contribution is -0.144. The lowest BCUT2D eigenvalue weighted by atomic mass is 9.82. The topological polar surface area (TPSA) is 41.6 Å². The van der Waals surface area contributed by atoms with E-state index in [1.807, 2.05) is 23.1 Å². The number of carbonyl (C=O) groups excluding carboxylic acids is 1. The maximum Gasteiger partial charge on any atom is 0.253 e. The molecule has 2 aliphatic rings. The van der Waals surface area contributed by atoms with Crippen LogP contribution >= 0.6 is 0 Å². The predicted molar refractivity (Wildman–Crippen MR) is 83.5 cm³/mol. The number of rotatable bonds is 2. The van der Waals surface area contributed by atoms with Crippen LogP contribution in [0, 0.1) is 12.8 Å². The predicted octanol–water partition coefficient (Wildman–Crippen LogP) is 2.12. The van der Waals surface area contributed by atoms with Crippen LogP contribution in [0.3, 0.4) is 0 Å². The maximum absolute atomic E-state index is 12.3. The van der Waals surface area contributed by atoms with Crippen LogP contribution in [0.15, 0.2) is 24.3 Å². The molecule has 1 aromatic rings. The summed E-state index contributed by atoms with van der Waals surface area (Å²) in [6.07, 6.45) is 2.35. The van der Waals surface area contributed by atoms with Gasteiger partial charge in [0.15, 0.2) is 0 Å². The molecule has 1 N–H and O–H groups in total. The van der Waals surface area contributed by atoms with Crippen LogP contribution in [0.5, 0.6) is 0 Å². The number of para-hydroxylation sites is 1. The van der Waals surface area contributed by atoms with E-state index in [1.165, 1.54) is 12.8 Å². The van der Waals surface area contributed by atoms with Crippen molar-refractivity contribution in [2.75, 3.05) is 31.1 Å². The third-order valence-electron chi connectivity index (χ3n) is 4.87. The molecule has 0 radical (unpaired) electrons. The molecule has 2 unspecified atom stereocenters. The van der Waals surface area contributed by atoms with Crippen molar-refractivity contribution in [1.29, 1.82) is 0 Å². The number of ether oxygens (including phenoxy) is 1. The summed E-state index contributed by atoms with van der Waals surface area (Å²) in [7, 11) is 0. The summed E-state index contributed by atoms with van der Waals surface area (Å²) in [6, 6.07) is 8.08. The number of benzene rings is 1. The van der Waals surface area contributed by atoms with Gasteiger partial charge in [-0.25, -0.2) is 0 Å². The minimum Gasteiger partial charge on any atom is -0.363 e. The second-order valence-electron chi connectivity index (χ2n) is 6.41. The van der Waals surface area contributed by atoms with Crippen molar-refractivity contribution in [3.8, 4) is 0 Å². The number of hydrogen-bond donors (Lipinski definition) is 1. The molecular formula is C17H24N2O2. The van der Waals surface area contributed by atoms with E-state index in [9.17, 15) is 4.79 Å². The number of nitrogens with zero attached hydrogens (tertiary/aromatic N) is 1. The van der Waals surface area contributed by atoms with Crippen LogP contribution in [-0.2, 0) is 9.53 Å². The van der Waals surface area contributed by atoms with Gasteiger partial charge in [0.05, 0.1) is 12.1 Å². The van der Waals surface area contributed by atoms with Gasteiger partial charge in [-0.15, -0.1) is 0 Å². The summed E-state index contributed by atoms with van der Waals surface area (Å²) < 4.78 is 5.98. The van der Waals surface area contributed by atoms with Crippen molar-refractivity contribution in [1.82, 2.24) is 5.32 Å². The molecule has 2 aliphatic heterocycles. The van der Waals surface area contributed by atoms with Gasteiger partial charge in [0.25, 0.3) is 5.91 Å². The number of hydrogen-bond acceptors (Lipinski definition) is 3. The second kappa shape index (κ2) is 5.78. The minimum absolute atomic E-state index is 0.0607. The SMILES string of the molecule is Cc1ccccc1N1CC(C)(C2CCCNC2)OCC1=O. The van der Waals surface area contributed by atoms with Gasteiger partial charge in [-0.05, 0) is 44.9 Å². The van der Waals surface area contributed by atoms with Gasteiger partial charge >= 0.3 is 0 Å². The molecule has 0 aromatic heterocycles. The number of nitrogens with one attached hydrogen (secondary N) is 1. The van der Waals surface area contributed by atoms with Crippen LogP contribution in [0.4, 0.5) is 5.69 Å². The smallest absolute Gasteiger partial charge is 0.253 e. The second-order valence-corrected chi connectivity index (χ2v) is 6.41. The van der Waals surface area contributed by atoms with Crippen LogP contribution in [0.1, 0.15) is 25.3 Å². The van der Waals surface area contributed by atoms with Gasteiger partial charge in [-0.3, -0.25) is 4.79 Å². The van der Waals surface area contributed by atoms with E-state index >= 15 is 0 Å². The molecule has 1 aromatic carbocycles. The summed E-state index contributed by atoms with van der Waals surface area (Å²) >= 11 is 0. The Morgan fingerprint density at radius 2 is 2.19 bits per heavy atom. The summed E-state index contributed by atoms with van der Waals surface area (Å²) in [4.78, 5) is 14.2. The molecule has 2 heterocycles. The Hall–Kier alpha value is -1.39. The molecule has 3 rings (SSSR count). The Balaban J connectivity index is 1.84. The fourth-order valence-electron chi connectivity index (χ4n) is 3.46. The summed E-state index contributed by atoms with van der Waals surface area (Å²) in [5.41, 5.74) is 1.89. The van der Waals surface area contributed by atoms with E-state index in [-0.39, 0.29) is 18.1 Å². The Bertz CT molecular complexity index is 525. The molecule has 4 nitrogen and oxygen atoms in total. The fraction of sp³-hybridized carbons (Fsp3) is 0.588. The molecule has 2 saturated heterocycles. The van der Waals surface area contributed by atoms with Crippen LogP contribution in [0.25, 0.3) is 0 Å². The van der Waals surface area contributed by atoms with E-state index in [2.05, 4.69) is 25.2 Å². The van der Waals surface area contributed by atoms with Crippen molar-refractivity contribution in [2.24, 2.45) is 5.92 Å². The van der Waals surface area contributed by atoms with E-state index in [0.717, 1.165) is 24.3 Å². The first kappa shape index (κ1) is 14.5. The highest BCUT2D eigenvalue weighted by molar-refractivity contribution is 5.95. The zero-order valence-corrected chi connectivity index (χ0v) is 12.9. The molecule has 21 heavy (non-hydrogen) atoms. The number of aryl methyl sites for hydroxylation is 1. The molecular weight excluding hydrogens is 264 g/mol. The fourth-order valence-corrected chi connectivity index (χ4v) is 3.46. The van der Waals surface area contributed by atoms with Gasteiger partial charge < -0.3 is 15.0 Å². The highest BCUT2D eigenvalue weighted by atomic mass is 16.5. The van der Waals surface area contributed by atoms with Crippen molar-refractivity contribution >= 4 is 11.6 Å². The minimum atomic E-state index is -0.260.